The van der Waals surface area contributed by atoms with E-state index in [-0.39, 0.29) is 0 Å². The summed E-state index contributed by atoms with van der Waals surface area (Å²) < 4.78 is 8.57. The number of rotatable bonds is 1. The normalized spacial score (nSPS) is 7.71. The van der Waals surface area contributed by atoms with E-state index in [4.69, 9.17) is 21.1 Å². The van der Waals surface area contributed by atoms with Gasteiger partial charge >= 0.3 is 0 Å². The lowest BCUT2D eigenvalue weighted by molar-refractivity contribution is 0.524. The number of hydrogen-bond acceptors (Lipinski definition) is 1. The first-order chi connectivity index (χ1) is 3.33. The molecule has 0 amide bonds. The van der Waals surface area contributed by atoms with E-state index in [1.54, 1.807) is 6.08 Å². The molecule has 1 unspecified atom stereocenters. The minimum atomic E-state index is -1.50. The van der Waals surface area contributed by atoms with Crippen LogP contribution in [0.15, 0.2) is 12.7 Å². The predicted octanol–water partition coefficient (Wildman–Crippen LogP) is 1.06. The quantitative estimate of drug-likeness (QED) is 0.338. The molecule has 0 heterocycles. The van der Waals surface area contributed by atoms with E-state index in [9.17, 15) is 0 Å². The molecule has 0 aromatic heterocycles. The molecule has 0 fully saturated rings. The van der Waals surface area contributed by atoms with Crippen LogP contribution in [0.3, 0.4) is 0 Å². The van der Waals surface area contributed by atoms with Crippen LogP contribution >= 0.6 is 20.3 Å². The minimum absolute atomic E-state index is 0.556. The van der Waals surface area contributed by atoms with Gasteiger partial charge in [0.25, 0.3) is 0 Å². The van der Waals surface area contributed by atoms with E-state index in [2.05, 4.69) is 6.58 Å². The average molecular weight is 143 g/mol. The average Bonchev–Trinajstić information content (AvgIpc) is 1.69. The van der Waals surface area contributed by atoms with Crippen molar-refractivity contribution in [2.24, 2.45) is 0 Å². The van der Waals surface area contributed by atoms with Crippen LogP contribution in [0.4, 0.5) is 0 Å². The molecule has 0 radical (unpaired) electrons. The van der Waals surface area contributed by atoms with E-state index in [0.717, 1.165) is 0 Å². The molecule has 1 N–H and O–H groups in total. The van der Waals surface area contributed by atoms with E-state index in [1.807, 2.05) is 0 Å². The van der Waals surface area contributed by atoms with Gasteiger partial charge in [-0.15, -0.1) is 18.2 Å². The van der Waals surface area contributed by atoms with Gasteiger partial charge < -0.3 is 4.89 Å². The SMILES string of the molecule is C=CCCl.O=[PH2]O. The molecule has 0 spiro atoms. The molecule has 4 heteroatoms. The third-order valence-corrected chi connectivity index (χ3v) is 0.327. The largest absolute Gasteiger partial charge is 0.348 e. The van der Waals surface area contributed by atoms with Crippen molar-refractivity contribution in [3.05, 3.63) is 12.7 Å². The third kappa shape index (κ3) is 74.4. The Balaban J connectivity index is 0. The van der Waals surface area contributed by atoms with Gasteiger partial charge in [0.2, 0.25) is 0 Å². The fourth-order valence-electron chi connectivity index (χ4n) is 0. The fourth-order valence-corrected chi connectivity index (χ4v) is 0. The first kappa shape index (κ1) is 10.3. The van der Waals surface area contributed by atoms with E-state index < -0.39 is 8.69 Å². The summed E-state index contributed by atoms with van der Waals surface area (Å²) >= 11 is 5.07. The van der Waals surface area contributed by atoms with E-state index in [0.29, 0.717) is 5.88 Å². The Hall–Kier alpha value is 0.220. The van der Waals surface area contributed by atoms with Crippen molar-refractivity contribution in [3.8, 4) is 0 Å². The lowest BCUT2D eigenvalue weighted by Crippen LogP contribution is -1.45. The highest BCUT2D eigenvalue weighted by Crippen LogP contribution is 1.67. The van der Waals surface area contributed by atoms with Crippen molar-refractivity contribution >= 4 is 20.3 Å². The Labute approximate surface area is 49.1 Å². The molecule has 7 heavy (non-hydrogen) atoms. The van der Waals surface area contributed by atoms with Gasteiger partial charge in [0.15, 0.2) is 8.69 Å². The minimum Gasteiger partial charge on any atom is -0.348 e. The standard InChI is InChI=1S/C3H5Cl.H3O2P/c1-2-3-4;1-3-2/h2H,1,3H2;3H2,(H,1,2). The maximum atomic E-state index is 8.57. The molecule has 0 aromatic carbocycles. The summed E-state index contributed by atoms with van der Waals surface area (Å²) in [7, 11) is -1.50. The molecule has 0 rings (SSSR count). The lowest BCUT2D eigenvalue weighted by Gasteiger charge is -1.55. The van der Waals surface area contributed by atoms with Gasteiger partial charge in [0.1, 0.15) is 0 Å². The van der Waals surface area contributed by atoms with Gasteiger partial charge in [-0.05, 0) is 0 Å². The maximum absolute atomic E-state index is 8.57. The number of alkyl halides is 1. The Bertz CT molecular complexity index is 48.2. The Morgan fingerprint density at radius 2 is 2.14 bits per heavy atom. The molecular weight excluding hydrogens is 134 g/mol. The van der Waals surface area contributed by atoms with Crippen molar-refractivity contribution < 1.29 is 9.46 Å². The molecule has 1 atom stereocenters. The van der Waals surface area contributed by atoms with Crippen LogP contribution in [-0.4, -0.2) is 10.8 Å². The number of hydrogen-bond donors (Lipinski definition) is 1. The molecule has 0 aromatic rings. The predicted molar refractivity (Wildman–Crippen MR) is 33.5 cm³/mol. The number of allylic oxidation sites excluding steroid dienone is 1. The Morgan fingerprint density at radius 3 is 2.14 bits per heavy atom. The molecule has 0 saturated heterocycles. The highest BCUT2D eigenvalue weighted by Gasteiger charge is 1.48. The first-order valence-electron chi connectivity index (χ1n) is 1.58. The summed E-state index contributed by atoms with van der Waals surface area (Å²) in [4.78, 5) is 7.10. The molecule has 0 aliphatic heterocycles. The van der Waals surface area contributed by atoms with Crippen LogP contribution in [0.1, 0.15) is 0 Å². The summed E-state index contributed by atoms with van der Waals surface area (Å²) in [6.07, 6.45) is 1.64. The van der Waals surface area contributed by atoms with Gasteiger partial charge in [-0.1, -0.05) is 6.08 Å². The van der Waals surface area contributed by atoms with Crippen LogP contribution in [-0.2, 0) is 4.57 Å². The fraction of sp³-hybridized carbons (Fsp3) is 0.333. The van der Waals surface area contributed by atoms with Crippen LogP contribution < -0.4 is 0 Å². The van der Waals surface area contributed by atoms with E-state index >= 15 is 0 Å². The maximum Gasteiger partial charge on any atom is 0.177 e. The van der Waals surface area contributed by atoms with Crippen LogP contribution in [0.25, 0.3) is 0 Å². The van der Waals surface area contributed by atoms with Crippen LogP contribution in [0.5, 0.6) is 0 Å². The highest BCUT2D eigenvalue weighted by molar-refractivity contribution is 7.16. The summed E-state index contributed by atoms with van der Waals surface area (Å²) in [5.41, 5.74) is 0. The topological polar surface area (TPSA) is 37.3 Å². The third-order valence-electron chi connectivity index (χ3n) is 0.109. The molecule has 0 aliphatic carbocycles. The zero-order valence-electron chi connectivity index (χ0n) is 3.80. The second-order valence-corrected chi connectivity index (χ2v) is 1.07. The molecule has 0 aliphatic rings. The van der Waals surface area contributed by atoms with Gasteiger partial charge in [-0.3, -0.25) is 4.57 Å². The van der Waals surface area contributed by atoms with Crippen molar-refractivity contribution in [2.75, 3.05) is 5.88 Å². The summed E-state index contributed by atoms with van der Waals surface area (Å²) in [6, 6.07) is 0. The van der Waals surface area contributed by atoms with Gasteiger partial charge in [-0.25, -0.2) is 0 Å². The molecular formula is C3H8ClO2P. The summed E-state index contributed by atoms with van der Waals surface area (Å²) in [6.45, 7) is 3.35. The monoisotopic (exact) mass is 142 g/mol. The van der Waals surface area contributed by atoms with Crippen molar-refractivity contribution in [1.29, 1.82) is 0 Å². The Kier molecular flexibility index (Phi) is 23.9. The van der Waals surface area contributed by atoms with E-state index in [1.165, 1.54) is 0 Å². The van der Waals surface area contributed by atoms with Crippen molar-refractivity contribution in [3.63, 3.8) is 0 Å². The molecule has 44 valence electrons. The Morgan fingerprint density at radius 1 is 2.00 bits per heavy atom. The second-order valence-electron chi connectivity index (χ2n) is 0.548. The van der Waals surface area contributed by atoms with Crippen LogP contribution in [0, 0.1) is 0 Å². The molecule has 0 saturated carbocycles. The van der Waals surface area contributed by atoms with Crippen LogP contribution in [0.2, 0.25) is 0 Å². The summed E-state index contributed by atoms with van der Waals surface area (Å²) in [5, 5.41) is 0. The van der Waals surface area contributed by atoms with Crippen molar-refractivity contribution in [1.82, 2.24) is 0 Å². The summed E-state index contributed by atoms with van der Waals surface area (Å²) in [5.74, 6) is 0.556. The van der Waals surface area contributed by atoms with Gasteiger partial charge in [0, 0.05) is 5.88 Å². The van der Waals surface area contributed by atoms with Gasteiger partial charge in [-0.2, -0.15) is 0 Å². The highest BCUT2D eigenvalue weighted by atomic mass is 35.5. The zero-order chi connectivity index (χ0) is 6.12. The van der Waals surface area contributed by atoms with Crippen molar-refractivity contribution in [2.45, 2.75) is 0 Å². The zero-order valence-corrected chi connectivity index (χ0v) is 5.71. The molecule has 2 nitrogen and oxygen atoms in total. The smallest absolute Gasteiger partial charge is 0.177 e. The second kappa shape index (κ2) is 16.3. The number of halogens is 1. The molecule has 0 bridgehead atoms. The van der Waals surface area contributed by atoms with Gasteiger partial charge in [0.05, 0.1) is 0 Å². The first-order valence-corrected chi connectivity index (χ1v) is 3.10. The lowest BCUT2D eigenvalue weighted by atomic mass is 10.8.